The van der Waals surface area contributed by atoms with Gasteiger partial charge in [0.15, 0.2) is 0 Å². The van der Waals surface area contributed by atoms with E-state index < -0.39 is 0 Å². The Balaban J connectivity index is 1.26. The summed E-state index contributed by atoms with van der Waals surface area (Å²) < 4.78 is 7.71. The Hall–Kier alpha value is -2.87. The lowest BCUT2D eigenvalue weighted by Crippen LogP contribution is -2.45. The average Bonchev–Trinajstić information content (AvgIpc) is 3.18. The highest BCUT2D eigenvalue weighted by molar-refractivity contribution is 5.93. The summed E-state index contributed by atoms with van der Waals surface area (Å²) >= 11 is 0. The second-order valence-electron chi connectivity index (χ2n) is 9.14. The Morgan fingerprint density at radius 1 is 1.12 bits per heavy atom. The van der Waals surface area contributed by atoms with E-state index in [9.17, 15) is 9.59 Å². The number of aromatic nitrogens is 2. The van der Waals surface area contributed by atoms with Gasteiger partial charge in [0.2, 0.25) is 6.41 Å². The van der Waals surface area contributed by atoms with E-state index in [4.69, 9.17) is 4.74 Å². The largest absolute Gasteiger partial charge is 0.494 e. The van der Waals surface area contributed by atoms with Crippen molar-refractivity contribution in [2.45, 2.75) is 45.2 Å². The van der Waals surface area contributed by atoms with Crippen molar-refractivity contribution < 1.29 is 14.3 Å². The molecule has 8 heteroatoms. The molecule has 0 aliphatic carbocycles. The fourth-order valence-corrected chi connectivity index (χ4v) is 4.81. The van der Waals surface area contributed by atoms with Gasteiger partial charge >= 0.3 is 0 Å². The zero-order chi connectivity index (χ0) is 23.2. The summed E-state index contributed by atoms with van der Waals surface area (Å²) in [5, 5.41) is 4.33. The first-order chi connectivity index (χ1) is 16.0. The fourth-order valence-electron chi connectivity index (χ4n) is 4.81. The van der Waals surface area contributed by atoms with Gasteiger partial charge in [-0.1, -0.05) is 12.1 Å². The second kappa shape index (κ2) is 10.8. The van der Waals surface area contributed by atoms with E-state index in [0.717, 1.165) is 82.8 Å². The summed E-state index contributed by atoms with van der Waals surface area (Å²) in [6.07, 6.45) is 4.97. The predicted octanol–water partition coefficient (Wildman–Crippen LogP) is 2.47. The number of hydrogen-bond acceptors (Lipinski definition) is 5. The molecule has 1 aromatic carbocycles. The maximum absolute atomic E-state index is 13.1. The number of piperazine rings is 1. The van der Waals surface area contributed by atoms with Gasteiger partial charge in [0.05, 0.1) is 12.3 Å². The van der Waals surface area contributed by atoms with Crippen LogP contribution < -0.4 is 4.74 Å². The molecule has 2 aromatic rings. The van der Waals surface area contributed by atoms with E-state index >= 15 is 0 Å². The van der Waals surface area contributed by atoms with Crippen LogP contribution in [-0.4, -0.2) is 82.2 Å². The molecular weight excluding hydrogens is 418 g/mol. The summed E-state index contributed by atoms with van der Waals surface area (Å²) in [7, 11) is 1.83. The molecule has 1 atom stereocenters. The molecule has 1 unspecified atom stereocenters. The van der Waals surface area contributed by atoms with Crippen molar-refractivity contribution in [2.75, 3.05) is 39.3 Å². The summed E-state index contributed by atoms with van der Waals surface area (Å²) in [5.41, 5.74) is 2.77. The van der Waals surface area contributed by atoms with Gasteiger partial charge in [-0.2, -0.15) is 5.10 Å². The molecule has 0 radical (unpaired) electrons. The molecule has 0 saturated carbocycles. The van der Waals surface area contributed by atoms with Gasteiger partial charge in [-0.3, -0.25) is 19.2 Å². The second-order valence-corrected chi connectivity index (χ2v) is 9.14. The molecule has 8 nitrogen and oxygen atoms in total. The quantitative estimate of drug-likeness (QED) is 0.575. The monoisotopic (exact) mass is 453 g/mol. The molecule has 2 aliphatic heterocycles. The van der Waals surface area contributed by atoms with E-state index in [1.54, 1.807) is 4.68 Å². The van der Waals surface area contributed by atoms with Crippen LogP contribution in [0.15, 0.2) is 30.3 Å². The lowest BCUT2D eigenvalue weighted by atomic mass is 9.99. The van der Waals surface area contributed by atoms with Crippen molar-refractivity contribution in [1.82, 2.24) is 24.5 Å². The van der Waals surface area contributed by atoms with Gasteiger partial charge in [0.1, 0.15) is 11.4 Å². The maximum atomic E-state index is 13.1. The molecule has 2 aliphatic rings. The highest BCUT2D eigenvalue weighted by atomic mass is 16.5. The van der Waals surface area contributed by atoms with E-state index in [0.29, 0.717) is 12.3 Å². The number of carbonyl (C=O) groups is 2. The molecule has 2 saturated heterocycles. The number of aryl methyl sites for hydroxylation is 2. The lowest BCUT2D eigenvalue weighted by Gasteiger charge is -2.35. The summed E-state index contributed by atoms with van der Waals surface area (Å²) in [6.45, 7) is 7.60. The zero-order valence-electron chi connectivity index (χ0n) is 19.8. The Kier molecular flexibility index (Phi) is 7.65. The number of benzene rings is 1. The minimum absolute atomic E-state index is 0.0705. The van der Waals surface area contributed by atoms with Gasteiger partial charge in [-0.05, 0) is 49.9 Å². The Morgan fingerprint density at radius 3 is 2.55 bits per heavy atom. The van der Waals surface area contributed by atoms with E-state index in [1.807, 2.05) is 42.0 Å². The third-order valence-corrected chi connectivity index (χ3v) is 6.71. The zero-order valence-corrected chi connectivity index (χ0v) is 19.8. The smallest absolute Gasteiger partial charge is 0.272 e. The van der Waals surface area contributed by atoms with Crippen LogP contribution in [0.25, 0.3) is 0 Å². The highest BCUT2D eigenvalue weighted by Crippen LogP contribution is 2.23. The minimum atomic E-state index is 0.0705. The van der Waals surface area contributed by atoms with Crippen molar-refractivity contribution in [3.8, 4) is 5.75 Å². The van der Waals surface area contributed by atoms with Crippen molar-refractivity contribution in [3.63, 3.8) is 0 Å². The van der Waals surface area contributed by atoms with Gasteiger partial charge in [0, 0.05) is 58.8 Å². The van der Waals surface area contributed by atoms with Crippen LogP contribution in [0, 0.1) is 6.92 Å². The van der Waals surface area contributed by atoms with Crippen LogP contribution in [0.5, 0.6) is 5.75 Å². The fraction of sp³-hybridized carbons (Fsp3) is 0.560. The van der Waals surface area contributed by atoms with Gasteiger partial charge in [-0.25, -0.2) is 0 Å². The first-order valence-electron chi connectivity index (χ1n) is 12.0. The number of nitrogens with zero attached hydrogens (tertiary/aromatic N) is 5. The summed E-state index contributed by atoms with van der Waals surface area (Å²) in [6, 6.07) is 10.4. The number of likely N-dealkylation sites (tertiary alicyclic amines) is 1. The van der Waals surface area contributed by atoms with Crippen molar-refractivity contribution >= 4 is 12.3 Å². The van der Waals surface area contributed by atoms with Crippen LogP contribution in [0.1, 0.15) is 47.4 Å². The van der Waals surface area contributed by atoms with Crippen LogP contribution in [0.3, 0.4) is 0 Å². The molecule has 0 N–H and O–H groups in total. The van der Waals surface area contributed by atoms with Crippen molar-refractivity contribution in [3.05, 3.63) is 47.3 Å². The third-order valence-electron chi connectivity index (χ3n) is 6.71. The molecule has 1 aromatic heterocycles. The lowest BCUT2D eigenvalue weighted by molar-refractivity contribution is -0.119. The van der Waals surface area contributed by atoms with Gasteiger partial charge in [-0.15, -0.1) is 0 Å². The predicted molar refractivity (Wildman–Crippen MR) is 126 cm³/mol. The standard InChI is InChI=1S/C25H35N5O3/c1-20-17-24(27(2)26-20)25(32)30-11-4-3-5-22(30)10-16-33-23-8-6-21(7-9-23)18-28-12-14-29(19-31)15-13-28/h6-9,17,19,22H,3-5,10-16,18H2,1-2H3. The summed E-state index contributed by atoms with van der Waals surface area (Å²) in [5.74, 6) is 0.932. The summed E-state index contributed by atoms with van der Waals surface area (Å²) in [4.78, 5) is 30.2. The number of ether oxygens (including phenoxy) is 1. The van der Waals surface area contributed by atoms with Gasteiger partial charge < -0.3 is 14.5 Å². The number of carbonyl (C=O) groups excluding carboxylic acids is 2. The third kappa shape index (κ3) is 5.93. The Bertz CT molecular complexity index is 934. The molecule has 2 fully saturated rings. The topological polar surface area (TPSA) is 70.9 Å². The number of amides is 2. The molecule has 3 heterocycles. The molecule has 33 heavy (non-hydrogen) atoms. The van der Waals surface area contributed by atoms with Gasteiger partial charge in [0.25, 0.3) is 5.91 Å². The average molecular weight is 454 g/mol. The van der Waals surface area contributed by atoms with E-state index in [2.05, 4.69) is 22.1 Å². The number of rotatable bonds is 8. The molecular formula is C25H35N5O3. The first-order valence-corrected chi connectivity index (χ1v) is 12.0. The molecule has 178 valence electrons. The van der Waals surface area contributed by atoms with Crippen LogP contribution in [0.4, 0.5) is 0 Å². The van der Waals surface area contributed by atoms with Crippen LogP contribution in [0.2, 0.25) is 0 Å². The number of piperidine rings is 1. The maximum Gasteiger partial charge on any atom is 0.272 e. The van der Waals surface area contributed by atoms with E-state index in [-0.39, 0.29) is 11.9 Å². The Labute approximate surface area is 196 Å². The minimum Gasteiger partial charge on any atom is -0.494 e. The van der Waals surface area contributed by atoms with E-state index in [1.165, 1.54) is 5.56 Å². The van der Waals surface area contributed by atoms with Crippen LogP contribution in [-0.2, 0) is 18.4 Å². The normalized spacial score (nSPS) is 19.5. The van der Waals surface area contributed by atoms with Crippen molar-refractivity contribution in [2.24, 2.45) is 7.05 Å². The Morgan fingerprint density at radius 2 is 1.88 bits per heavy atom. The SMILES string of the molecule is Cc1cc(C(=O)N2CCCCC2CCOc2ccc(CN3CCN(C=O)CC3)cc2)n(C)n1. The number of hydrogen-bond donors (Lipinski definition) is 0. The molecule has 4 rings (SSSR count). The molecule has 0 bridgehead atoms. The molecule has 2 amide bonds. The first kappa shape index (κ1) is 23.3. The van der Waals surface area contributed by atoms with Crippen LogP contribution >= 0.6 is 0 Å². The van der Waals surface area contributed by atoms with Crippen molar-refractivity contribution in [1.29, 1.82) is 0 Å². The molecule has 0 spiro atoms. The highest BCUT2D eigenvalue weighted by Gasteiger charge is 2.29.